The molecular formula is C12H10ClN3O2S. The summed E-state index contributed by atoms with van der Waals surface area (Å²) in [6, 6.07) is 5.63. The van der Waals surface area contributed by atoms with Crippen LogP contribution < -0.4 is 16.4 Å². The molecule has 0 radical (unpaired) electrons. The summed E-state index contributed by atoms with van der Waals surface area (Å²) < 4.78 is 0. The van der Waals surface area contributed by atoms with Gasteiger partial charge >= 0.3 is 11.1 Å². The fourth-order valence-electron chi connectivity index (χ4n) is 1.92. The van der Waals surface area contributed by atoms with E-state index in [4.69, 9.17) is 11.6 Å². The van der Waals surface area contributed by atoms with E-state index in [0.29, 0.717) is 17.3 Å². The van der Waals surface area contributed by atoms with Gasteiger partial charge in [-0.3, -0.25) is 9.59 Å². The van der Waals surface area contributed by atoms with E-state index >= 15 is 0 Å². The highest BCUT2D eigenvalue weighted by Gasteiger charge is 2.21. The summed E-state index contributed by atoms with van der Waals surface area (Å²) in [6.45, 7) is 0.653. The predicted octanol–water partition coefficient (Wildman–Crippen LogP) is 1.98. The van der Waals surface area contributed by atoms with E-state index in [1.165, 1.54) is 0 Å². The molecule has 0 spiro atoms. The number of nitrogens with one attached hydrogen (secondary N) is 3. The molecule has 1 aromatic heterocycles. The average molecular weight is 296 g/mol. The fourth-order valence-corrected chi connectivity index (χ4v) is 3.22. The molecule has 5 nitrogen and oxygen atoms in total. The lowest BCUT2D eigenvalue weighted by Crippen LogP contribution is -2.31. The lowest BCUT2D eigenvalue weighted by molar-refractivity contribution is 0.879. The smallest absolute Gasteiger partial charge is 0.313 e. The second-order valence-corrected chi connectivity index (χ2v) is 5.84. The highest BCUT2D eigenvalue weighted by molar-refractivity contribution is 7.99. The largest absolute Gasteiger partial charge is 0.383 e. The van der Waals surface area contributed by atoms with Crippen LogP contribution in [-0.2, 0) is 0 Å². The number of fused-ring (bicyclic) bond motifs is 1. The van der Waals surface area contributed by atoms with Gasteiger partial charge in [-0.15, -0.1) is 11.8 Å². The molecule has 1 aromatic carbocycles. The first-order valence-electron chi connectivity index (χ1n) is 5.65. The Morgan fingerprint density at radius 2 is 2.11 bits per heavy atom. The first kappa shape index (κ1) is 12.4. The second kappa shape index (κ2) is 4.79. The van der Waals surface area contributed by atoms with Gasteiger partial charge in [-0.05, 0) is 18.2 Å². The number of aromatic amines is 2. The minimum atomic E-state index is -0.635. The van der Waals surface area contributed by atoms with Gasteiger partial charge in [-0.1, -0.05) is 11.6 Å². The number of hydrogen-bond donors (Lipinski definition) is 3. The molecule has 2 aromatic rings. The summed E-state index contributed by atoms with van der Waals surface area (Å²) in [6.07, 6.45) is 1.55. The van der Waals surface area contributed by atoms with Gasteiger partial charge in [0.05, 0.1) is 5.25 Å². The maximum Gasteiger partial charge on any atom is 0.313 e. The highest BCUT2D eigenvalue weighted by Crippen LogP contribution is 2.42. The van der Waals surface area contributed by atoms with Crippen molar-refractivity contribution in [2.45, 2.75) is 10.1 Å². The van der Waals surface area contributed by atoms with Gasteiger partial charge in [-0.25, -0.2) is 0 Å². The van der Waals surface area contributed by atoms with E-state index in [2.05, 4.69) is 15.3 Å². The van der Waals surface area contributed by atoms with E-state index in [9.17, 15) is 9.59 Å². The Balaban J connectivity index is 1.93. The van der Waals surface area contributed by atoms with Crippen LogP contribution in [0.25, 0.3) is 0 Å². The van der Waals surface area contributed by atoms with Crippen molar-refractivity contribution < 1.29 is 0 Å². The van der Waals surface area contributed by atoms with Crippen LogP contribution in [0.5, 0.6) is 0 Å². The van der Waals surface area contributed by atoms with Gasteiger partial charge in [0, 0.05) is 34.0 Å². The van der Waals surface area contributed by atoms with Gasteiger partial charge in [0.15, 0.2) is 0 Å². The minimum absolute atomic E-state index is 0.0400. The lowest BCUT2D eigenvalue weighted by atomic mass is 10.2. The van der Waals surface area contributed by atoms with Gasteiger partial charge in [-0.2, -0.15) is 0 Å². The maximum atomic E-state index is 11.3. The zero-order chi connectivity index (χ0) is 13.4. The Morgan fingerprint density at radius 3 is 2.89 bits per heavy atom. The highest BCUT2D eigenvalue weighted by atomic mass is 35.5. The minimum Gasteiger partial charge on any atom is -0.383 e. The van der Waals surface area contributed by atoms with Gasteiger partial charge in [0.25, 0.3) is 0 Å². The van der Waals surface area contributed by atoms with Crippen LogP contribution in [0.3, 0.4) is 0 Å². The van der Waals surface area contributed by atoms with Crippen LogP contribution in [0.15, 0.2) is 38.9 Å². The normalized spacial score (nSPS) is 17.6. The molecule has 19 heavy (non-hydrogen) atoms. The van der Waals surface area contributed by atoms with Crippen molar-refractivity contribution in [2.24, 2.45) is 0 Å². The number of halogens is 1. The Kier molecular flexibility index (Phi) is 3.12. The first-order chi connectivity index (χ1) is 9.13. The van der Waals surface area contributed by atoms with Crippen LogP contribution in [-0.4, -0.2) is 16.5 Å². The Morgan fingerprint density at radius 1 is 1.26 bits per heavy atom. The lowest BCUT2D eigenvalue weighted by Gasteiger charge is -2.25. The van der Waals surface area contributed by atoms with Crippen molar-refractivity contribution in [3.8, 4) is 0 Å². The molecule has 1 aliphatic heterocycles. The van der Waals surface area contributed by atoms with Gasteiger partial charge < -0.3 is 15.3 Å². The van der Waals surface area contributed by atoms with E-state index < -0.39 is 11.1 Å². The monoisotopic (exact) mass is 295 g/mol. The molecule has 2 heterocycles. The third kappa shape index (κ3) is 2.41. The predicted molar refractivity (Wildman–Crippen MR) is 76.2 cm³/mol. The van der Waals surface area contributed by atoms with Crippen LogP contribution in [0.1, 0.15) is 10.9 Å². The van der Waals surface area contributed by atoms with Gasteiger partial charge in [0.2, 0.25) is 0 Å². The summed E-state index contributed by atoms with van der Waals surface area (Å²) in [5, 5.41) is 3.99. The third-order valence-corrected chi connectivity index (χ3v) is 4.41. The SMILES string of the molecule is O=c1[nH]cc(C2CNc3cc(Cl)ccc3S2)[nH]c1=O. The number of anilines is 1. The summed E-state index contributed by atoms with van der Waals surface area (Å²) in [7, 11) is 0. The molecule has 0 saturated carbocycles. The molecule has 0 amide bonds. The molecular weight excluding hydrogens is 286 g/mol. The zero-order valence-corrected chi connectivity index (χ0v) is 11.3. The third-order valence-electron chi connectivity index (χ3n) is 2.86. The van der Waals surface area contributed by atoms with Crippen molar-refractivity contribution in [3.05, 3.63) is 55.8 Å². The van der Waals surface area contributed by atoms with Crippen molar-refractivity contribution >= 4 is 29.1 Å². The van der Waals surface area contributed by atoms with E-state index in [1.54, 1.807) is 18.0 Å². The molecule has 0 aliphatic carbocycles. The maximum absolute atomic E-state index is 11.3. The van der Waals surface area contributed by atoms with E-state index in [0.717, 1.165) is 10.6 Å². The summed E-state index contributed by atoms with van der Waals surface area (Å²) >= 11 is 7.55. The molecule has 1 aliphatic rings. The molecule has 1 unspecified atom stereocenters. The van der Waals surface area contributed by atoms with Crippen molar-refractivity contribution in [2.75, 3.05) is 11.9 Å². The van der Waals surface area contributed by atoms with Crippen molar-refractivity contribution in [1.82, 2.24) is 9.97 Å². The number of benzene rings is 1. The average Bonchev–Trinajstić information content (AvgIpc) is 2.41. The van der Waals surface area contributed by atoms with Crippen LogP contribution in [0.2, 0.25) is 5.02 Å². The molecule has 7 heteroatoms. The van der Waals surface area contributed by atoms with E-state index in [1.807, 2.05) is 18.2 Å². The second-order valence-electron chi connectivity index (χ2n) is 4.16. The number of thioether (sulfide) groups is 1. The summed E-state index contributed by atoms with van der Waals surface area (Å²) in [4.78, 5) is 28.5. The molecule has 3 rings (SSSR count). The van der Waals surface area contributed by atoms with Crippen molar-refractivity contribution in [1.29, 1.82) is 0 Å². The topological polar surface area (TPSA) is 77.8 Å². The fraction of sp³-hybridized carbons (Fsp3) is 0.167. The molecule has 0 saturated heterocycles. The Bertz CT molecular complexity index is 740. The Hall–Kier alpha value is -1.66. The molecule has 0 fully saturated rings. The Labute approximate surface area is 117 Å². The number of rotatable bonds is 1. The van der Waals surface area contributed by atoms with E-state index in [-0.39, 0.29) is 5.25 Å². The van der Waals surface area contributed by atoms with Gasteiger partial charge in [0.1, 0.15) is 0 Å². The van der Waals surface area contributed by atoms with Crippen molar-refractivity contribution in [3.63, 3.8) is 0 Å². The van der Waals surface area contributed by atoms with Crippen LogP contribution in [0, 0.1) is 0 Å². The molecule has 3 N–H and O–H groups in total. The summed E-state index contributed by atoms with van der Waals surface area (Å²) in [5.74, 6) is 0. The number of hydrogen-bond acceptors (Lipinski definition) is 4. The zero-order valence-electron chi connectivity index (χ0n) is 9.70. The molecule has 0 bridgehead atoms. The standard InChI is InChI=1S/C12H10ClN3O2S/c13-6-1-2-9-7(3-6)14-5-10(19-9)8-4-15-11(17)12(18)16-8/h1-4,10,14H,5H2,(H,15,17)(H,16,18). The molecule has 1 atom stereocenters. The first-order valence-corrected chi connectivity index (χ1v) is 6.91. The summed E-state index contributed by atoms with van der Waals surface area (Å²) in [5.41, 5.74) is 0.424. The quantitative estimate of drug-likeness (QED) is 0.703. The van der Waals surface area contributed by atoms with Crippen LogP contribution in [0.4, 0.5) is 5.69 Å². The number of aromatic nitrogens is 2. The molecule has 98 valence electrons. The van der Waals surface area contributed by atoms with Crippen LogP contribution >= 0.6 is 23.4 Å². The number of H-pyrrole nitrogens is 2.